The van der Waals surface area contributed by atoms with Gasteiger partial charge in [0.2, 0.25) is 0 Å². The van der Waals surface area contributed by atoms with Crippen molar-refractivity contribution >= 4 is 17.6 Å². The van der Waals surface area contributed by atoms with Gasteiger partial charge in [0.15, 0.2) is 6.20 Å². The van der Waals surface area contributed by atoms with Gasteiger partial charge < -0.3 is 10.3 Å². The Bertz CT molecular complexity index is 466. The van der Waals surface area contributed by atoms with Gasteiger partial charge in [-0.15, -0.1) is 0 Å². The van der Waals surface area contributed by atoms with Gasteiger partial charge in [-0.1, -0.05) is 18.2 Å². The normalized spacial score (nSPS) is 9.87. The zero-order chi connectivity index (χ0) is 10.7. The molecule has 6 heteroatoms. The number of para-hydroxylation sites is 1. The Hall–Kier alpha value is -2.37. The third-order valence-electron chi connectivity index (χ3n) is 1.72. The number of nitrogen functional groups attached to an aromatic ring is 1. The predicted molar refractivity (Wildman–Crippen MR) is 52.0 cm³/mol. The predicted octanol–water partition coefficient (Wildman–Crippen LogP) is 0.624. The number of carbonyl (C=O) groups is 1. The second kappa shape index (κ2) is 3.79. The third kappa shape index (κ3) is 2.11. The maximum absolute atomic E-state index is 11.5. The highest BCUT2D eigenvalue weighted by molar-refractivity contribution is 5.82. The fourth-order valence-corrected chi connectivity index (χ4v) is 1.06. The number of benzene rings is 1. The topological polar surface area (TPSA) is 85.0 Å². The summed E-state index contributed by atoms with van der Waals surface area (Å²) in [4.78, 5) is 11.5. The molecule has 0 aliphatic heterocycles. The van der Waals surface area contributed by atoms with E-state index in [2.05, 4.69) is 15.1 Å². The van der Waals surface area contributed by atoms with E-state index in [-0.39, 0.29) is 5.88 Å². The average molecular weight is 205 g/mol. The molecule has 0 aliphatic rings. The lowest BCUT2D eigenvalue weighted by Gasteiger charge is -1.92. The number of hydrogen-bond donors (Lipinski definition) is 2. The standard InChI is InChI=1S/C9H8N4O2/c10-8-6-13(12-15-8)9(14)11-7-4-2-1-3-5-7/h1-6H,(H2-,10,11,12,14)/p+1. The minimum absolute atomic E-state index is 0.0817. The summed E-state index contributed by atoms with van der Waals surface area (Å²) >= 11 is 0. The minimum atomic E-state index is -0.429. The number of aromatic nitrogens is 2. The summed E-state index contributed by atoms with van der Waals surface area (Å²) in [5.41, 5.74) is 5.96. The van der Waals surface area contributed by atoms with Gasteiger partial charge in [-0.05, 0) is 16.8 Å². The second-order valence-electron chi connectivity index (χ2n) is 2.85. The number of nitrogens with two attached hydrogens (primary N) is 1. The van der Waals surface area contributed by atoms with E-state index in [0.717, 1.165) is 4.68 Å². The molecule has 0 atom stereocenters. The van der Waals surface area contributed by atoms with Gasteiger partial charge in [0.1, 0.15) is 11.0 Å². The molecule has 6 nitrogen and oxygen atoms in total. The Balaban J connectivity index is 2.11. The minimum Gasteiger partial charge on any atom is -0.364 e. The van der Waals surface area contributed by atoms with Crippen molar-refractivity contribution < 1.29 is 14.0 Å². The van der Waals surface area contributed by atoms with Crippen LogP contribution in [0.15, 0.2) is 41.1 Å². The van der Waals surface area contributed by atoms with Crippen LogP contribution in [0, 0.1) is 0 Å². The van der Waals surface area contributed by atoms with E-state index in [1.54, 1.807) is 12.1 Å². The first-order chi connectivity index (χ1) is 7.25. The summed E-state index contributed by atoms with van der Waals surface area (Å²) in [6, 6.07) is 8.59. The van der Waals surface area contributed by atoms with Crippen molar-refractivity contribution in [1.29, 1.82) is 0 Å². The monoisotopic (exact) mass is 205 g/mol. The van der Waals surface area contributed by atoms with E-state index < -0.39 is 6.03 Å². The van der Waals surface area contributed by atoms with E-state index in [0.29, 0.717) is 5.69 Å². The van der Waals surface area contributed by atoms with Gasteiger partial charge in [-0.2, -0.15) is 4.79 Å². The van der Waals surface area contributed by atoms with Crippen LogP contribution in [0.5, 0.6) is 0 Å². The van der Waals surface area contributed by atoms with Gasteiger partial charge in [-0.3, -0.25) is 0 Å². The molecule has 0 spiro atoms. The molecule has 0 bridgehead atoms. The molecule has 1 amide bonds. The van der Waals surface area contributed by atoms with E-state index in [9.17, 15) is 4.79 Å². The molecule has 0 aliphatic carbocycles. The van der Waals surface area contributed by atoms with Crippen LogP contribution in [0.3, 0.4) is 0 Å². The molecule has 0 saturated carbocycles. The Morgan fingerprint density at radius 2 is 2.13 bits per heavy atom. The smallest absolute Gasteiger partial charge is 0.364 e. The first kappa shape index (κ1) is 9.20. The summed E-state index contributed by atoms with van der Waals surface area (Å²) < 4.78 is 5.54. The van der Waals surface area contributed by atoms with E-state index in [1.807, 2.05) is 18.2 Å². The molecular formula is C9H9N4O2+. The summed E-state index contributed by atoms with van der Waals surface area (Å²) in [5.74, 6) is 0.0817. The number of nitrogens with zero attached hydrogens (tertiary/aromatic N) is 2. The van der Waals surface area contributed by atoms with Crippen LogP contribution in [-0.4, -0.2) is 11.3 Å². The summed E-state index contributed by atoms with van der Waals surface area (Å²) in [6.45, 7) is 0. The van der Waals surface area contributed by atoms with Crippen molar-refractivity contribution in [2.75, 3.05) is 11.1 Å². The maximum Gasteiger partial charge on any atom is 0.524 e. The molecule has 1 aromatic carbocycles. The van der Waals surface area contributed by atoms with E-state index in [1.165, 1.54) is 6.20 Å². The van der Waals surface area contributed by atoms with Gasteiger partial charge in [0.25, 0.3) is 5.88 Å². The fourth-order valence-electron chi connectivity index (χ4n) is 1.06. The van der Waals surface area contributed by atoms with Crippen LogP contribution in [-0.2, 0) is 0 Å². The fraction of sp³-hybridized carbons (Fsp3) is 0. The van der Waals surface area contributed by atoms with Crippen molar-refractivity contribution in [1.82, 2.24) is 5.27 Å². The van der Waals surface area contributed by atoms with Crippen molar-refractivity contribution in [2.45, 2.75) is 0 Å². The Morgan fingerprint density at radius 3 is 2.73 bits per heavy atom. The van der Waals surface area contributed by atoms with Gasteiger partial charge >= 0.3 is 6.03 Å². The van der Waals surface area contributed by atoms with Crippen LogP contribution in [0.4, 0.5) is 16.4 Å². The Morgan fingerprint density at radius 1 is 1.40 bits per heavy atom. The van der Waals surface area contributed by atoms with Crippen LogP contribution in [0.1, 0.15) is 0 Å². The van der Waals surface area contributed by atoms with Crippen molar-refractivity contribution in [3.05, 3.63) is 36.5 Å². The molecular weight excluding hydrogens is 196 g/mol. The molecule has 15 heavy (non-hydrogen) atoms. The molecule has 0 radical (unpaired) electrons. The average Bonchev–Trinajstić information content (AvgIpc) is 2.66. The number of rotatable bonds is 1. The zero-order valence-corrected chi connectivity index (χ0v) is 7.75. The number of amides is 1. The first-order valence-electron chi connectivity index (χ1n) is 4.26. The Kier molecular flexibility index (Phi) is 2.32. The highest BCUT2D eigenvalue weighted by Gasteiger charge is 2.18. The van der Waals surface area contributed by atoms with Crippen LogP contribution < -0.4 is 15.7 Å². The molecule has 1 aromatic heterocycles. The summed E-state index contributed by atoms with van der Waals surface area (Å²) in [5, 5.41) is 6.03. The number of anilines is 2. The van der Waals surface area contributed by atoms with E-state index >= 15 is 0 Å². The molecule has 1 heterocycles. The first-order valence-corrected chi connectivity index (χ1v) is 4.26. The molecule has 0 unspecified atom stereocenters. The molecule has 0 fully saturated rings. The van der Waals surface area contributed by atoms with Crippen LogP contribution >= 0.6 is 0 Å². The molecule has 2 aromatic rings. The lowest BCUT2D eigenvalue weighted by Crippen LogP contribution is -2.47. The van der Waals surface area contributed by atoms with Crippen molar-refractivity contribution in [3.63, 3.8) is 0 Å². The largest absolute Gasteiger partial charge is 0.524 e. The molecule has 2 rings (SSSR count). The SMILES string of the molecule is Nc1c[n+](C(=O)Nc2ccccc2)no1. The van der Waals surface area contributed by atoms with Gasteiger partial charge in [-0.25, -0.2) is 5.32 Å². The highest BCUT2D eigenvalue weighted by atomic mass is 16.5. The lowest BCUT2D eigenvalue weighted by molar-refractivity contribution is -0.643. The molecule has 76 valence electrons. The third-order valence-corrected chi connectivity index (χ3v) is 1.72. The highest BCUT2D eigenvalue weighted by Crippen LogP contribution is 2.04. The zero-order valence-electron chi connectivity index (χ0n) is 7.75. The van der Waals surface area contributed by atoms with E-state index in [4.69, 9.17) is 5.73 Å². The Labute approximate surface area is 85.3 Å². The maximum atomic E-state index is 11.5. The van der Waals surface area contributed by atoms with Crippen molar-refractivity contribution in [2.24, 2.45) is 0 Å². The number of carbonyl (C=O) groups excluding carboxylic acids is 1. The number of nitrogens with one attached hydrogen (secondary N) is 1. The molecule has 3 N–H and O–H groups in total. The summed E-state index contributed by atoms with van der Waals surface area (Å²) in [6.07, 6.45) is 1.29. The second-order valence-corrected chi connectivity index (χ2v) is 2.85. The molecule has 0 saturated heterocycles. The van der Waals surface area contributed by atoms with Crippen LogP contribution in [0.2, 0.25) is 0 Å². The summed E-state index contributed by atoms with van der Waals surface area (Å²) in [7, 11) is 0. The van der Waals surface area contributed by atoms with Crippen molar-refractivity contribution in [3.8, 4) is 0 Å². The number of hydrogen-bond acceptors (Lipinski definition) is 4. The van der Waals surface area contributed by atoms with Gasteiger partial charge in [0.05, 0.1) is 0 Å². The van der Waals surface area contributed by atoms with Crippen LogP contribution in [0.25, 0.3) is 0 Å². The lowest BCUT2D eigenvalue weighted by atomic mass is 10.3. The quantitative estimate of drug-likeness (QED) is 0.668. The van der Waals surface area contributed by atoms with Gasteiger partial charge in [0, 0.05) is 0 Å².